The number of hydrogen-bond donors (Lipinski definition) is 6. The number of aliphatic hydroxyl groups is 3. The number of phenolic OH excluding ortho intramolecular Hbond substituents is 2. The molecular weight excluding hydrogens is 816 g/mol. The summed E-state index contributed by atoms with van der Waals surface area (Å²) in [5.74, 6) is -5.97. The van der Waals surface area contributed by atoms with E-state index in [1.54, 1.807) is 6.92 Å². The lowest BCUT2D eigenvalue weighted by Gasteiger charge is -2.42. The quantitative estimate of drug-likeness (QED) is 0.0696. The summed E-state index contributed by atoms with van der Waals surface area (Å²) in [5, 5.41) is 58.1. The van der Waals surface area contributed by atoms with Gasteiger partial charge in [-0.05, 0) is 44.6 Å². The van der Waals surface area contributed by atoms with E-state index in [0.29, 0.717) is 32.2 Å². The molecule has 2 saturated heterocycles. The van der Waals surface area contributed by atoms with Crippen molar-refractivity contribution in [3.63, 3.8) is 0 Å². The minimum atomic E-state index is -2.39. The molecule has 0 radical (unpaired) electrons. The van der Waals surface area contributed by atoms with Gasteiger partial charge in [0.1, 0.15) is 35.6 Å². The van der Waals surface area contributed by atoms with Gasteiger partial charge in [0.05, 0.1) is 48.0 Å². The first kappa shape index (κ1) is 46.0. The Morgan fingerprint density at radius 2 is 1.66 bits per heavy atom. The highest BCUT2D eigenvalue weighted by molar-refractivity contribution is 6.31. The molecule has 7 rings (SSSR count). The zero-order valence-electron chi connectivity index (χ0n) is 33.7. The van der Waals surface area contributed by atoms with E-state index >= 15 is 0 Å². The van der Waals surface area contributed by atoms with Crippen molar-refractivity contribution < 1.29 is 82.8 Å². The Labute approximate surface area is 356 Å². The van der Waals surface area contributed by atoms with Gasteiger partial charge in [-0.15, -0.1) is 0 Å². The third-order valence-corrected chi connectivity index (χ3v) is 12.5. The maximum absolute atomic E-state index is 13.9. The summed E-state index contributed by atoms with van der Waals surface area (Å²) in [6.07, 6.45) is -5.54. The molecule has 5 aliphatic rings. The van der Waals surface area contributed by atoms with Crippen LogP contribution in [0.2, 0.25) is 0 Å². The SMILES string of the molecule is C.COc1cccc2c1C(=O)c1c(O)c3c(c(O)c1C2=O)C[C@@](O)(C(=O)CO)C[C@@H]3O[C@H]1C[C@H](NC(=O)OCOC(=O)C2CCC(CN3C(=O)CC(C)C3=O)CC2)[C@H](O)[C@H](C)O1. The lowest BCUT2D eigenvalue weighted by atomic mass is 9.72. The van der Waals surface area contributed by atoms with E-state index in [4.69, 9.17) is 23.7 Å². The van der Waals surface area contributed by atoms with Crippen molar-refractivity contribution in [2.75, 3.05) is 27.1 Å². The number of nitrogens with one attached hydrogen (secondary N) is 1. The number of benzene rings is 2. The normalized spacial score (nSPS) is 29.2. The van der Waals surface area contributed by atoms with Crippen molar-refractivity contribution in [1.82, 2.24) is 10.2 Å². The summed E-state index contributed by atoms with van der Waals surface area (Å²) in [6, 6.07) is 3.14. The zero-order chi connectivity index (χ0) is 44.1. The molecule has 6 N–H and O–H groups in total. The number of aromatic hydroxyl groups is 2. The van der Waals surface area contributed by atoms with Crippen LogP contribution in [-0.4, -0.2) is 129 Å². The molecule has 0 aromatic heterocycles. The van der Waals surface area contributed by atoms with Gasteiger partial charge in [-0.3, -0.25) is 33.7 Å². The van der Waals surface area contributed by atoms with E-state index in [0.717, 1.165) is 0 Å². The van der Waals surface area contributed by atoms with Crippen LogP contribution in [0.4, 0.5) is 4.79 Å². The van der Waals surface area contributed by atoms with E-state index in [2.05, 4.69) is 5.32 Å². The number of alkyl carbamates (subject to hydrolysis) is 1. The summed E-state index contributed by atoms with van der Waals surface area (Å²) in [7, 11) is 1.29. The monoisotopic (exact) mass is 868 g/mol. The van der Waals surface area contributed by atoms with Crippen LogP contribution >= 0.6 is 0 Å². The molecule has 2 aromatic rings. The van der Waals surface area contributed by atoms with Crippen LogP contribution in [-0.2, 0) is 44.5 Å². The topological polar surface area (TPSA) is 282 Å². The summed E-state index contributed by atoms with van der Waals surface area (Å²) in [5.41, 5.74) is -4.31. The number of imide groups is 1. The van der Waals surface area contributed by atoms with Gasteiger partial charge in [0.2, 0.25) is 24.4 Å². The van der Waals surface area contributed by atoms with E-state index in [9.17, 15) is 59.1 Å². The molecule has 2 heterocycles. The standard InChI is InChI=1S/C42H48N2O17.CH4/c1-18-11-28(47)44(39(18)53)15-20-7-9-21(10-8-20)40(54)58-17-59-41(55)43-24-12-29(60-19(2)34(24)48)61-26-14-42(56,27(46)16-45)13-23-31(26)38(52)33-32(36(23)50)35(49)22-5-4-6-25(57-3)30(22)37(33)51;/h4-6,18-21,24,26,29,34,45,48,50,52,56H,7-17H2,1-3H3,(H,43,55);1H4/t18?,19-,20?,21?,24-,26-,29-,34+,42-;/m0./s1. The number of methoxy groups -OCH3 is 1. The Balaban J connectivity index is 0.00000641. The summed E-state index contributed by atoms with van der Waals surface area (Å²) in [6.45, 7) is 1.65. The van der Waals surface area contributed by atoms with Gasteiger partial charge in [-0.1, -0.05) is 26.5 Å². The molecule has 3 aliphatic carbocycles. The molecule has 2 aromatic carbocycles. The van der Waals surface area contributed by atoms with Gasteiger partial charge >= 0.3 is 12.1 Å². The van der Waals surface area contributed by atoms with E-state index in [1.807, 2.05) is 0 Å². The van der Waals surface area contributed by atoms with Gasteiger partial charge in [-0.25, -0.2) is 4.79 Å². The van der Waals surface area contributed by atoms with Crippen molar-refractivity contribution >= 4 is 41.2 Å². The van der Waals surface area contributed by atoms with E-state index < -0.39 is 120 Å². The van der Waals surface area contributed by atoms with Gasteiger partial charge < -0.3 is 54.5 Å². The number of aliphatic hydroxyl groups excluding tert-OH is 2. The molecule has 1 unspecified atom stereocenters. The molecular formula is C43H52N2O17. The number of Topliss-reactive ketones (excluding diaryl/α,β-unsaturated/α-hetero) is 1. The average Bonchev–Trinajstić information content (AvgIpc) is 3.47. The summed E-state index contributed by atoms with van der Waals surface area (Å²) in [4.78, 5) is 92.1. The number of carbonyl (C=O) groups excluding carboxylic acids is 7. The first-order valence-electron chi connectivity index (χ1n) is 20.1. The third-order valence-electron chi connectivity index (χ3n) is 12.5. The van der Waals surface area contributed by atoms with Crippen LogP contribution in [0.15, 0.2) is 18.2 Å². The van der Waals surface area contributed by atoms with Crippen LogP contribution in [0.3, 0.4) is 0 Å². The first-order valence-corrected chi connectivity index (χ1v) is 20.1. The number of hydrogen-bond acceptors (Lipinski definition) is 17. The number of phenols is 2. The van der Waals surface area contributed by atoms with Crippen LogP contribution < -0.4 is 10.1 Å². The number of nitrogens with zero attached hydrogens (tertiary/aromatic N) is 1. The van der Waals surface area contributed by atoms with Crippen LogP contribution in [0.1, 0.15) is 115 Å². The fourth-order valence-corrected chi connectivity index (χ4v) is 9.19. The number of esters is 1. The number of likely N-dealkylation sites (tertiary alicyclic amines) is 1. The Morgan fingerprint density at radius 3 is 2.31 bits per heavy atom. The van der Waals surface area contributed by atoms with E-state index in [1.165, 1.54) is 37.1 Å². The molecule has 336 valence electrons. The molecule has 62 heavy (non-hydrogen) atoms. The van der Waals surface area contributed by atoms with E-state index in [-0.39, 0.29) is 71.9 Å². The lowest BCUT2D eigenvalue weighted by Crippen LogP contribution is -2.56. The minimum absolute atomic E-state index is 0. The maximum Gasteiger partial charge on any atom is 0.410 e. The van der Waals surface area contributed by atoms with Crippen molar-refractivity contribution in [1.29, 1.82) is 0 Å². The molecule has 7 atom stereocenters. The Morgan fingerprint density at radius 1 is 0.968 bits per heavy atom. The minimum Gasteiger partial charge on any atom is -0.507 e. The van der Waals surface area contributed by atoms with Gasteiger partial charge in [0.25, 0.3) is 0 Å². The fraction of sp³-hybridized carbons (Fsp3) is 0.558. The Bertz CT molecular complexity index is 2160. The Hall–Kier alpha value is -5.47. The molecule has 19 nitrogen and oxygen atoms in total. The molecule has 3 fully saturated rings. The predicted octanol–water partition coefficient (Wildman–Crippen LogP) is 2.11. The van der Waals surface area contributed by atoms with Crippen LogP contribution in [0, 0.1) is 17.8 Å². The van der Waals surface area contributed by atoms with Crippen molar-refractivity contribution in [2.24, 2.45) is 17.8 Å². The number of rotatable bonds is 11. The molecule has 1 saturated carbocycles. The number of carbonyl (C=O) groups is 7. The first-order chi connectivity index (χ1) is 29.0. The molecule has 2 aliphatic heterocycles. The lowest BCUT2D eigenvalue weighted by molar-refractivity contribution is -0.249. The second-order valence-corrected chi connectivity index (χ2v) is 16.4. The second kappa shape index (κ2) is 18.1. The van der Waals surface area contributed by atoms with Crippen LogP contribution in [0.25, 0.3) is 0 Å². The summed E-state index contributed by atoms with van der Waals surface area (Å²) < 4.78 is 27.6. The maximum atomic E-state index is 13.9. The Kier molecular flexibility index (Phi) is 13.4. The predicted molar refractivity (Wildman–Crippen MR) is 211 cm³/mol. The molecule has 19 heteroatoms. The molecule has 0 spiro atoms. The smallest absolute Gasteiger partial charge is 0.410 e. The molecule has 3 amide bonds. The fourth-order valence-electron chi connectivity index (χ4n) is 9.19. The van der Waals surface area contributed by atoms with Crippen molar-refractivity contribution in [3.05, 3.63) is 51.6 Å². The van der Waals surface area contributed by atoms with Gasteiger partial charge in [0, 0.05) is 54.8 Å². The van der Waals surface area contributed by atoms with Gasteiger partial charge in [-0.2, -0.15) is 0 Å². The highest BCUT2D eigenvalue weighted by Gasteiger charge is 2.50. The highest BCUT2D eigenvalue weighted by atomic mass is 16.7. The molecule has 0 bridgehead atoms. The second-order valence-electron chi connectivity index (χ2n) is 16.4. The number of amides is 3. The van der Waals surface area contributed by atoms with Crippen molar-refractivity contribution in [3.8, 4) is 17.2 Å². The number of ether oxygens (including phenoxy) is 5. The zero-order valence-corrected chi connectivity index (χ0v) is 33.7. The number of fused-ring (bicyclic) bond motifs is 3. The summed E-state index contributed by atoms with van der Waals surface area (Å²) >= 11 is 0. The van der Waals surface area contributed by atoms with Crippen molar-refractivity contribution in [2.45, 2.75) is 109 Å². The van der Waals surface area contributed by atoms with Gasteiger partial charge in [0.15, 0.2) is 17.9 Å². The highest BCUT2D eigenvalue weighted by Crippen LogP contribution is 2.52. The third kappa shape index (κ3) is 8.38. The largest absolute Gasteiger partial charge is 0.507 e. The number of ketones is 3. The average molecular weight is 869 g/mol. The van der Waals surface area contributed by atoms with Crippen LogP contribution in [0.5, 0.6) is 17.2 Å².